The molecule has 0 bridgehead atoms. The topological polar surface area (TPSA) is 154 Å². The van der Waals surface area contributed by atoms with Crippen molar-refractivity contribution < 1.29 is 23.9 Å². The van der Waals surface area contributed by atoms with Crippen LogP contribution in [0.3, 0.4) is 0 Å². The second-order valence-electron chi connectivity index (χ2n) is 14.6. The first-order chi connectivity index (χ1) is 26.2. The van der Waals surface area contributed by atoms with Crippen LogP contribution in [0.25, 0.3) is 22.0 Å². The summed E-state index contributed by atoms with van der Waals surface area (Å²) in [7, 11) is 5.03. The number of rotatable bonds is 12. The summed E-state index contributed by atoms with van der Waals surface area (Å²) in [5, 5.41) is 13.3. The van der Waals surface area contributed by atoms with Crippen molar-refractivity contribution in [3.8, 4) is 22.6 Å². The van der Waals surface area contributed by atoms with Gasteiger partial charge < -0.3 is 29.2 Å². The molecule has 0 saturated carbocycles. The van der Waals surface area contributed by atoms with Gasteiger partial charge in [-0.1, -0.05) is 12.1 Å². The average Bonchev–Trinajstić information content (AvgIpc) is 3.69. The summed E-state index contributed by atoms with van der Waals surface area (Å²) in [5.41, 5.74) is 5.17. The van der Waals surface area contributed by atoms with Gasteiger partial charge in [-0.2, -0.15) is 5.10 Å². The number of hydrogen-bond acceptors (Lipinski definition) is 10. The van der Waals surface area contributed by atoms with E-state index in [-0.39, 0.29) is 29.3 Å². The number of piperidine rings is 2. The number of aromatic nitrogens is 3. The Morgan fingerprint density at radius 3 is 2.30 bits per heavy atom. The van der Waals surface area contributed by atoms with Gasteiger partial charge in [0.2, 0.25) is 17.7 Å². The van der Waals surface area contributed by atoms with Gasteiger partial charge >= 0.3 is 0 Å². The number of pyridine rings is 1. The Labute approximate surface area is 314 Å². The highest BCUT2D eigenvalue weighted by Gasteiger charge is 2.28. The molecule has 4 aromatic rings. The number of amides is 3. The summed E-state index contributed by atoms with van der Waals surface area (Å²) in [6.45, 7) is 6.48. The summed E-state index contributed by atoms with van der Waals surface area (Å²) < 4.78 is 13.3. The predicted molar refractivity (Wildman–Crippen MR) is 206 cm³/mol. The van der Waals surface area contributed by atoms with Crippen molar-refractivity contribution in [1.82, 2.24) is 34.8 Å². The number of carbonyl (C=O) groups excluding carboxylic acids is 3. The van der Waals surface area contributed by atoms with Crippen molar-refractivity contribution in [3.05, 3.63) is 70.3 Å². The number of piperazine rings is 1. The second-order valence-corrected chi connectivity index (χ2v) is 14.6. The van der Waals surface area contributed by atoms with Crippen molar-refractivity contribution >= 4 is 34.3 Å². The number of nitrogens with one attached hydrogen (secondary N) is 3. The smallest absolute Gasteiger partial charge is 0.276 e. The molecule has 3 saturated heterocycles. The molecule has 3 fully saturated rings. The molecule has 1 unspecified atom stereocenters. The molecule has 2 aromatic carbocycles. The molecule has 0 aliphatic carbocycles. The average molecular weight is 739 g/mol. The van der Waals surface area contributed by atoms with Crippen LogP contribution < -0.4 is 25.7 Å². The van der Waals surface area contributed by atoms with E-state index in [1.54, 1.807) is 32.0 Å². The van der Waals surface area contributed by atoms with Crippen LogP contribution in [0.1, 0.15) is 55.6 Å². The van der Waals surface area contributed by atoms with Crippen molar-refractivity contribution in [2.24, 2.45) is 7.05 Å². The maximum Gasteiger partial charge on any atom is 0.276 e. The number of likely N-dealkylation sites (tertiary alicyclic amines) is 1. The summed E-state index contributed by atoms with van der Waals surface area (Å²) in [6, 6.07) is 11.9. The van der Waals surface area contributed by atoms with Gasteiger partial charge in [0.25, 0.3) is 5.56 Å². The molecule has 7 rings (SSSR count). The monoisotopic (exact) mass is 738 g/mol. The zero-order valence-corrected chi connectivity index (χ0v) is 31.4. The van der Waals surface area contributed by atoms with Crippen LogP contribution in [0.4, 0.5) is 5.69 Å². The van der Waals surface area contributed by atoms with Gasteiger partial charge in [0.1, 0.15) is 23.1 Å². The predicted octanol–water partition coefficient (Wildman–Crippen LogP) is 3.47. The van der Waals surface area contributed by atoms with Gasteiger partial charge in [-0.05, 0) is 86.6 Å². The number of anilines is 1. The Kier molecular flexibility index (Phi) is 11.3. The lowest BCUT2D eigenvalue weighted by Crippen LogP contribution is -2.48. The van der Waals surface area contributed by atoms with Crippen LogP contribution in [-0.2, 0) is 28.0 Å². The van der Waals surface area contributed by atoms with E-state index in [0.717, 1.165) is 79.8 Å². The first-order valence-electron chi connectivity index (χ1n) is 18.9. The molecule has 14 heteroatoms. The maximum atomic E-state index is 13.2. The number of aryl methyl sites for hydroxylation is 1. The van der Waals surface area contributed by atoms with Crippen molar-refractivity contribution in [1.29, 1.82) is 0 Å². The van der Waals surface area contributed by atoms with Crippen LogP contribution in [0.5, 0.6) is 11.5 Å². The molecule has 2 aromatic heterocycles. The third-order valence-corrected chi connectivity index (χ3v) is 11.2. The van der Waals surface area contributed by atoms with E-state index in [1.807, 2.05) is 35.4 Å². The molecule has 3 aliphatic heterocycles. The third-order valence-electron chi connectivity index (χ3n) is 11.2. The Bertz CT molecular complexity index is 2020. The van der Waals surface area contributed by atoms with Crippen LogP contribution in [0.2, 0.25) is 0 Å². The Hall–Kier alpha value is -5.21. The Morgan fingerprint density at radius 2 is 1.63 bits per heavy atom. The number of imide groups is 1. The fourth-order valence-corrected chi connectivity index (χ4v) is 8.04. The van der Waals surface area contributed by atoms with Crippen molar-refractivity contribution in [2.75, 3.05) is 65.3 Å². The lowest BCUT2D eigenvalue weighted by Gasteiger charge is -2.35. The molecule has 3 N–H and O–H groups in total. The number of fused-ring (bicyclic) bond motifs is 1. The molecule has 3 aliphatic rings. The molecular formula is C40H50N8O6. The highest BCUT2D eigenvalue weighted by atomic mass is 16.5. The standard InChI is InChI=1S/C40H50N8O6/c1-45-24-31(30-23-41-44-38(30)40(45)52)28-21-34(53-2)32(35(22-28)54-3)25-47-17-19-48(20-18-47)37(50)5-4-14-46-15-12-27(13-16-46)26-6-8-29(9-7-26)42-33-10-11-36(49)43-39(33)51/h6-9,21-24,27,33,42H,4-5,10-20,25H2,1-3H3,(H,41,44)(H,43,49,51). The van der Waals surface area contributed by atoms with E-state index in [2.05, 4.69) is 42.8 Å². The van der Waals surface area contributed by atoms with Crippen LogP contribution in [0.15, 0.2) is 53.6 Å². The lowest BCUT2D eigenvalue weighted by atomic mass is 9.89. The van der Waals surface area contributed by atoms with Gasteiger partial charge in [-0.25, -0.2) is 0 Å². The molecule has 1 atom stereocenters. The van der Waals surface area contributed by atoms with Gasteiger partial charge in [-0.3, -0.25) is 34.5 Å². The third kappa shape index (κ3) is 8.14. The number of benzene rings is 2. The zero-order valence-electron chi connectivity index (χ0n) is 31.4. The first kappa shape index (κ1) is 37.1. The molecular weight excluding hydrogens is 688 g/mol. The second kappa shape index (κ2) is 16.4. The molecule has 54 heavy (non-hydrogen) atoms. The summed E-state index contributed by atoms with van der Waals surface area (Å²) in [5.74, 6) is 1.65. The quantitative estimate of drug-likeness (QED) is 0.184. The highest BCUT2D eigenvalue weighted by molar-refractivity contribution is 6.01. The summed E-state index contributed by atoms with van der Waals surface area (Å²) >= 11 is 0. The normalized spacial score (nSPS) is 18.9. The van der Waals surface area contributed by atoms with Gasteiger partial charge in [0.15, 0.2) is 0 Å². The fourth-order valence-electron chi connectivity index (χ4n) is 8.04. The van der Waals surface area contributed by atoms with E-state index in [4.69, 9.17) is 9.47 Å². The first-order valence-corrected chi connectivity index (χ1v) is 18.9. The lowest BCUT2D eigenvalue weighted by molar-refractivity contribution is -0.134. The maximum absolute atomic E-state index is 13.2. The number of aromatic amines is 1. The SMILES string of the molecule is COc1cc(-c2cn(C)c(=O)c3[nH]ncc23)cc(OC)c1CN1CCN(C(=O)CCCN2CCC(c3ccc(NC4CCC(=O)NC4=O)cc3)CC2)CC1. The number of ether oxygens (including phenoxy) is 2. The summed E-state index contributed by atoms with van der Waals surface area (Å²) in [6.07, 6.45) is 7.90. The molecule has 286 valence electrons. The number of H-pyrrole nitrogens is 1. The van der Waals surface area contributed by atoms with E-state index in [0.29, 0.717) is 61.8 Å². The van der Waals surface area contributed by atoms with E-state index in [9.17, 15) is 19.2 Å². The minimum Gasteiger partial charge on any atom is -0.496 e. The van der Waals surface area contributed by atoms with E-state index in [1.165, 1.54) is 5.56 Å². The van der Waals surface area contributed by atoms with Crippen LogP contribution in [-0.4, -0.2) is 113 Å². The highest BCUT2D eigenvalue weighted by Crippen LogP contribution is 2.38. The van der Waals surface area contributed by atoms with Crippen LogP contribution >= 0.6 is 0 Å². The van der Waals surface area contributed by atoms with Gasteiger partial charge in [0.05, 0.1) is 26.0 Å². The van der Waals surface area contributed by atoms with Crippen LogP contribution in [0, 0.1) is 0 Å². The minimum atomic E-state index is -0.380. The Morgan fingerprint density at radius 1 is 0.926 bits per heavy atom. The number of carbonyl (C=O) groups is 3. The molecule has 0 radical (unpaired) electrons. The van der Waals surface area contributed by atoms with E-state index < -0.39 is 0 Å². The van der Waals surface area contributed by atoms with Crippen molar-refractivity contribution in [3.63, 3.8) is 0 Å². The fraction of sp³-hybridized carbons (Fsp3) is 0.475. The molecule has 0 spiro atoms. The molecule has 3 amide bonds. The molecule has 14 nitrogen and oxygen atoms in total. The molecule has 5 heterocycles. The largest absolute Gasteiger partial charge is 0.496 e. The van der Waals surface area contributed by atoms with Gasteiger partial charge in [0, 0.05) is 75.4 Å². The number of hydrogen-bond donors (Lipinski definition) is 3. The van der Waals surface area contributed by atoms with Gasteiger partial charge in [-0.15, -0.1) is 0 Å². The minimum absolute atomic E-state index is 0.139. The number of nitrogens with zero attached hydrogens (tertiary/aromatic N) is 5. The van der Waals surface area contributed by atoms with Crippen molar-refractivity contribution in [2.45, 2.75) is 57.0 Å². The van der Waals surface area contributed by atoms with E-state index >= 15 is 0 Å². The Balaban J connectivity index is 0.850. The zero-order chi connectivity index (χ0) is 37.8. The number of methoxy groups -OCH3 is 2. The summed E-state index contributed by atoms with van der Waals surface area (Å²) in [4.78, 5) is 56.1.